The number of ether oxygens (including phenoxy) is 1. The molecule has 172 valence electrons. The third kappa shape index (κ3) is 7.68. The maximum atomic E-state index is 12.2. The fraction of sp³-hybridized carbons (Fsp3) is 0.462. The van der Waals surface area contributed by atoms with Crippen LogP contribution >= 0.6 is 0 Å². The molecule has 0 radical (unpaired) electrons. The monoisotopic (exact) mass is 437 g/mol. The van der Waals surface area contributed by atoms with Crippen LogP contribution in [0.5, 0.6) is 0 Å². The molecule has 1 aliphatic rings. The zero-order chi connectivity index (χ0) is 23.0. The molecule has 0 atom stereocenters. The Hall–Kier alpha value is -2.86. The van der Waals surface area contributed by atoms with Crippen molar-refractivity contribution >= 4 is 12.0 Å². The van der Waals surface area contributed by atoms with E-state index in [0.717, 1.165) is 23.2 Å². The smallest absolute Gasteiger partial charge is 0.407 e. The minimum atomic E-state index is -0.553. The van der Waals surface area contributed by atoms with Crippen molar-refractivity contribution in [2.45, 2.75) is 58.7 Å². The fourth-order valence-electron chi connectivity index (χ4n) is 3.82. The molecule has 0 saturated carbocycles. The molecule has 2 aromatic carbocycles. The van der Waals surface area contributed by atoms with E-state index in [1.54, 1.807) is 20.8 Å². The van der Waals surface area contributed by atoms with Gasteiger partial charge in [-0.25, -0.2) is 4.79 Å². The zero-order valence-electron chi connectivity index (χ0n) is 19.4. The summed E-state index contributed by atoms with van der Waals surface area (Å²) in [5, 5.41) is 5.56. The summed E-state index contributed by atoms with van der Waals surface area (Å²) in [6, 6.07) is 16.8. The molecule has 3 rings (SSSR count). The quantitative estimate of drug-likeness (QED) is 0.639. The first-order chi connectivity index (χ1) is 15.3. The SMILES string of the molecule is CC(C)(C)OC(=O)NCCC(=O)NCc1ccccc1-c1ccc(CN2CCCC2)cc1. The van der Waals surface area contributed by atoms with Crippen molar-refractivity contribution in [3.63, 3.8) is 0 Å². The summed E-state index contributed by atoms with van der Waals surface area (Å²) in [5.74, 6) is -0.114. The maximum absolute atomic E-state index is 12.2. The van der Waals surface area contributed by atoms with Crippen LogP contribution < -0.4 is 10.6 Å². The van der Waals surface area contributed by atoms with E-state index in [9.17, 15) is 9.59 Å². The predicted molar refractivity (Wildman–Crippen MR) is 127 cm³/mol. The number of nitrogens with one attached hydrogen (secondary N) is 2. The first-order valence-corrected chi connectivity index (χ1v) is 11.4. The van der Waals surface area contributed by atoms with E-state index in [1.165, 1.54) is 31.5 Å². The van der Waals surface area contributed by atoms with Gasteiger partial charge in [-0.15, -0.1) is 0 Å². The Morgan fingerprint density at radius 1 is 0.969 bits per heavy atom. The lowest BCUT2D eigenvalue weighted by molar-refractivity contribution is -0.121. The second-order valence-electron chi connectivity index (χ2n) is 9.29. The van der Waals surface area contributed by atoms with Crippen LogP contribution in [-0.4, -0.2) is 42.1 Å². The van der Waals surface area contributed by atoms with Gasteiger partial charge in [0, 0.05) is 26.1 Å². The number of carbonyl (C=O) groups excluding carboxylic acids is 2. The maximum Gasteiger partial charge on any atom is 0.407 e. The van der Waals surface area contributed by atoms with Crippen molar-refractivity contribution in [3.05, 3.63) is 59.7 Å². The number of hydrogen-bond acceptors (Lipinski definition) is 4. The minimum Gasteiger partial charge on any atom is -0.444 e. The van der Waals surface area contributed by atoms with Crippen molar-refractivity contribution in [2.75, 3.05) is 19.6 Å². The molecular formula is C26H35N3O3. The Balaban J connectivity index is 1.50. The first-order valence-electron chi connectivity index (χ1n) is 11.4. The third-order valence-electron chi connectivity index (χ3n) is 5.38. The van der Waals surface area contributed by atoms with Crippen LogP contribution in [0, 0.1) is 0 Å². The van der Waals surface area contributed by atoms with Crippen LogP contribution in [0.15, 0.2) is 48.5 Å². The molecule has 2 amide bonds. The summed E-state index contributed by atoms with van der Waals surface area (Å²) in [4.78, 5) is 26.4. The molecule has 1 fully saturated rings. The molecule has 6 heteroatoms. The summed E-state index contributed by atoms with van der Waals surface area (Å²) in [7, 11) is 0. The third-order valence-corrected chi connectivity index (χ3v) is 5.38. The molecule has 32 heavy (non-hydrogen) atoms. The lowest BCUT2D eigenvalue weighted by atomic mass is 9.98. The molecule has 2 aromatic rings. The van der Waals surface area contributed by atoms with E-state index < -0.39 is 11.7 Å². The second kappa shape index (κ2) is 11.1. The highest BCUT2D eigenvalue weighted by Gasteiger charge is 2.16. The van der Waals surface area contributed by atoms with E-state index in [4.69, 9.17) is 4.74 Å². The molecular weight excluding hydrogens is 402 g/mol. The van der Waals surface area contributed by atoms with Gasteiger partial charge in [-0.3, -0.25) is 9.69 Å². The van der Waals surface area contributed by atoms with Crippen molar-refractivity contribution < 1.29 is 14.3 Å². The van der Waals surface area contributed by atoms with Crippen LogP contribution in [-0.2, 0) is 22.6 Å². The number of hydrogen-bond donors (Lipinski definition) is 2. The van der Waals surface area contributed by atoms with Crippen molar-refractivity contribution in [3.8, 4) is 11.1 Å². The van der Waals surface area contributed by atoms with E-state index >= 15 is 0 Å². The Bertz CT molecular complexity index is 897. The molecule has 0 unspecified atom stereocenters. The topological polar surface area (TPSA) is 70.7 Å². The van der Waals surface area contributed by atoms with E-state index in [-0.39, 0.29) is 18.9 Å². The van der Waals surface area contributed by atoms with Crippen LogP contribution in [0.4, 0.5) is 4.79 Å². The molecule has 1 aliphatic heterocycles. The van der Waals surface area contributed by atoms with Crippen molar-refractivity contribution in [1.29, 1.82) is 0 Å². The summed E-state index contributed by atoms with van der Waals surface area (Å²) in [5.41, 5.74) is 4.11. The van der Waals surface area contributed by atoms with Crippen molar-refractivity contribution in [2.24, 2.45) is 0 Å². The average Bonchev–Trinajstić information content (AvgIpc) is 3.25. The van der Waals surface area contributed by atoms with Gasteiger partial charge >= 0.3 is 6.09 Å². The van der Waals surface area contributed by atoms with Gasteiger partial charge in [0.2, 0.25) is 5.91 Å². The summed E-state index contributed by atoms with van der Waals surface area (Å²) in [6.07, 6.45) is 2.29. The largest absolute Gasteiger partial charge is 0.444 e. The van der Waals surface area contributed by atoms with E-state index in [0.29, 0.717) is 6.54 Å². The molecule has 0 aliphatic carbocycles. The molecule has 1 heterocycles. The molecule has 2 N–H and O–H groups in total. The summed E-state index contributed by atoms with van der Waals surface area (Å²) >= 11 is 0. The van der Waals surface area contributed by atoms with Gasteiger partial charge in [-0.2, -0.15) is 0 Å². The standard InChI is InChI=1S/C26H35N3O3/c1-26(2,3)32-25(31)27-15-14-24(30)28-18-22-8-4-5-9-23(22)21-12-10-20(11-13-21)19-29-16-6-7-17-29/h4-5,8-13H,6-7,14-19H2,1-3H3,(H,27,31)(H,28,30). The highest BCUT2D eigenvalue weighted by atomic mass is 16.6. The zero-order valence-corrected chi connectivity index (χ0v) is 19.4. The summed E-state index contributed by atoms with van der Waals surface area (Å²) < 4.78 is 5.17. The van der Waals surface area contributed by atoms with Crippen LogP contribution in [0.25, 0.3) is 11.1 Å². The Kier molecular flexibility index (Phi) is 8.28. The number of rotatable bonds is 8. The van der Waals surface area contributed by atoms with Crippen LogP contribution in [0.2, 0.25) is 0 Å². The number of benzene rings is 2. The van der Waals surface area contributed by atoms with Gasteiger partial charge in [0.25, 0.3) is 0 Å². The van der Waals surface area contributed by atoms with Crippen LogP contribution in [0.1, 0.15) is 51.2 Å². The Morgan fingerprint density at radius 3 is 2.34 bits per heavy atom. The number of alkyl carbamates (subject to hydrolysis) is 1. The van der Waals surface area contributed by atoms with E-state index in [2.05, 4.69) is 45.9 Å². The summed E-state index contributed by atoms with van der Waals surface area (Å²) in [6.45, 7) is 9.48. The lowest BCUT2D eigenvalue weighted by Gasteiger charge is -2.19. The number of carbonyl (C=O) groups is 2. The Labute approximate surface area is 191 Å². The van der Waals surface area contributed by atoms with E-state index in [1.807, 2.05) is 18.2 Å². The van der Waals surface area contributed by atoms with Crippen LogP contribution in [0.3, 0.4) is 0 Å². The highest BCUT2D eigenvalue weighted by Crippen LogP contribution is 2.25. The second-order valence-corrected chi connectivity index (χ2v) is 9.29. The Morgan fingerprint density at radius 2 is 1.66 bits per heavy atom. The molecule has 0 bridgehead atoms. The lowest BCUT2D eigenvalue weighted by Crippen LogP contribution is -2.35. The van der Waals surface area contributed by atoms with Gasteiger partial charge in [0.05, 0.1) is 0 Å². The normalized spacial score (nSPS) is 14.2. The number of nitrogens with zero attached hydrogens (tertiary/aromatic N) is 1. The van der Waals surface area contributed by atoms with Gasteiger partial charge in [0.1, 0.15) is 5.60 Å². The fourth-order valence-corrected chi connectivity index (χ4v) is 3.82. The minimum absolute atomic E-state index is 0.114. The van der Waals surface area contributed by atoms with Crippen molar-refractivity contribution in [1.82, 2.24) is 15.5 Å². The molecule has 6 nitrogen and oxygen atoms in total. The van der Waals surface area contributed by atoms with Gasteiger partial charge in [0.15, 0.2) is 0 Å². The molecule has 0 spiro atoms. The average molecular weight is 438 g/mol. The van der Waals surface area contributed by atoms with Gasteiger partial charge < -0.3 is 15.4 Å². The molecule has 1 saturated heterocycles. The highest BCUT2D eigenvalue weighted by molar-refractivity contribution is 5.77. The van der Waals surface area contributed by atoms with Gasteiger partial charge in [-0.1, -0.05) is 48.5 Å². The number of likely N-dealkylation sites (tertiary alicyclic amines) is 1. The first kappa shape index (κ1) is 23.8. The predicted octanol–water partition coefficient (Wildman–Crippen LogP) is 4.48. The van der Waals surface area contributed by atoms with Gasteiger partial charge in [-0.05, 0) is 69.0 Å². The number of amides is 2. The molecule has 0 aromatic heterocycles.